The number of nitrogens with one attached hydrogen (secondary N) is 1. The van der Waals surface area contributed by atoms with Gasteiger partial charge in [0.2, 0.25) is 5.95 Å². The standard InChI is InChI=1S/C14H15N3O2/c1-9-8-10(2)16-14(15-9)17-12-7-5-4-6-11(12)13(18)19-3/h4-8H,1-3H3,(H,15,16,17). The molecule has 0 atom stereocenters. The van der Waals surface area contributed by atoms with E-state index in [0.717, 1.165) is 11.4 Å². The van der Waals surface area contributed by atoms with Crippen LogP contribution >= 0.6 is 0 Å². The molecule has 0 unspecified atom stereocenters. The summed E-state index contributed by atoms with van der Waals surface area (Å²) in [6.45, 7) is 3.79. The molecule has 0 saturated heterocycles. The smallest absolute Gasteiger partial charge is 0.339 e. The van der Waals surface area contributed by atoms with Crippen LogP contribution in [0.3, 0.4) is 0 Å². The molecule has 5 heteroatoms. The lowest BCUT2D eigenvalue weighted by molar-refractivity contribution is 0.0602. The highest BCUT2D eigenvalue weighted by atomic mass is 16.5. The molecule has 0 fully saturated rings. The summed E-state index contributed by atoms with van der Waals surface area (Å²) < 4.78 is 4.74. The first-order valence-corrected chi connectivity index (χ1v) is 5.87. The summed E-state index contributed by atoms with van der Waals surface area (Å²) in [5.41, 5.74) is 2.81. The van der Waals surface area contributed by atoms with Crippen LogP contribution < -0.4 is 5.32 Å². The topological polar surface area (TPSA) is 64.1 Å². The normalized spacial score (nSPS) is 10.1. The van der Waals surface area contributed by atoms with E-state index in [-0.39, 0.29) is 0 Å². The molecule has 0 aliphatic rings. The van der Waals surface area contributed by atoms with Gasteiger partial charge >= 0.3 is 5.97 Å². The maximum absolute atomic E-state index is 11.7. The zero-order valence-corrected chi connectivity index (χ0v) is 11.1. The summed E-state index contributed by atoms with van der Waals surface area (Å²) in [6, 6.07) is 8.97. The van der Waals surface area contributed by atoms with Gasteiger partial charge < -0.3 is 10.1 Å². The third-order valence-electron chi connectivity index (χ3n) is 2.56. The second kappa shape index (κ2) is 5.48. The number of aryl methyl sites for hydroxylation is 2. The number of aromatic nitrogens is 2. The summed E-state index contributed by atoms with van der Waals surface area (Å²) in [5, 5.41) is 3.05. The Bertz CT molecular complexity index is 591. The number of anilines is 2. The zero-order chi connectivity index (χ0) is 13.8. The minimum absolute atomic E-state index is 0.396. The van der Waals surface area contributed by atoms with Crippen LogP contribution in [-0.4, -0.2) is 23.0 Å². The maximum Gasteiger partial charge on any atom is 0.339 e. The molecule has 0 aliphatic heterocycles. The number of benzene rings is 1. The number of hydrogen-bond donors (Lipinski definition) is 1. The number of esters is 1. The molecule has 0 spiro atoms. The van der Waals surface area contributed by atoms with Gasteiger partial charge in [-0.25, -0.2) is 14.8 Å². The van der Waals surface area contributed by atoms with Gasteiger partial charge in [-0.1, -0.05) is 12.1 Å². The minimum Gasteiger partial charge on any atom is -0.465 e. The third kappa shape index (κ3) is 3.07. The number of para-hydroxylation sites is 1. The van der Waals surface area contributed by atoms with E-state index in [4.69, 9.17) is 4.74 Å². The summed E-state index contributed by atoms with van der Waals surface area (Å²) >= 11 is 0. The Morgan fingerprint density at radius 2 is 1.79 bits per heavy atom. The van der Waals surface area contributed by atoms with Crippen molar-refractivity contribution in [3.05, 3.63) is 47.3 Å². The van der Waals surface area contributed by atoms with E-state index in [1.54, 1.807) is 18.2 Å². The van der Waals surface area contributed by atoms with Gasteiger partial charge in [-0.15, -0.1) is 0 Å². The van der Waals surface area contributed by atoms with Crippen molar-refractivity contribution in [2.24, 2.45) is 0 Å². The highest BCUT2D eigenvalue weighted by molar-refractivity contribution is 5.96. The highest BCUT2D eigenvalue weighted by Gasteiger charge is 2.12. The fourth-order valence-corrected chi connectivity index (χ4v) is 1.78. The molecule has 1 aromatic carbocycles. The molecular formula is C14H15N3O2. The summed E-state index contributed by atoms with van der Waals surface area (Å²) in [6.07, 6.45) is 0. The molecule has 1 heterocycles. The molecule has 1 N–H and O–H groups in total. The Balaban J connectivity index is 2.35. The van der Waals surface area contributed by atoms with Crippen molar-refractivity contribution in [2.45, 2.75) is 13.8 Å². The predicted octanol–water partition coefficient (Wildman–Crippen LogP) is 2.62. The van der Waals surface area contributed by atoms with Crippen molar-refractivity contribution in [1.29, 1.82) is 0 Å². The van der Waals surface area contributed by atoms with Gasteiger partial charge in [-0.2, -0.15) is 0 Å². The van der Waals surface area contributed by atoms with Crippen LogP contribution in [0.15, 0.2) is 30.3 Å². The lowest BCUT2D eigenvalue weighted by Gasteiger charge is -2.10. The Kier molecular flexibility index (Phi) is 3.75. The summed E-state index contributed by atoms with van der Waals surface area (Å²) in [7, 11) is 1.35. The van der Waals surface area contributed by atoms with Crippen LogP contribution in [0.5, 0.6) is 0 Å². The molecular weight excluding hydrogens is 242 g/mol. The van der Waals surface area contributed by atoms with Crippen molar-refractivity contribution < 1.29 is 9.53 Å². The zero-order valence-electron chi connectivity index (χ0n) is 11.1. The van der Waals surface area contributed by atoms with Gasteiger partial charge in [0.05, 0.1) is 18.4 Å². The van der Waals surface area contributed by atoms with Gasteiger partial charge in [0.1, 0.15) is 0 Å². The van der Waals surface area contributed by atoms with Crippen LogP contribution in [0.25, 0.3) is 0 Å². The Morgan fingerprint density at radius 3 is 2.42 bits per heavy atom. The fourth-order valence-electron chi connectivity index (χ4n) is 1.78. The molecule has 2 rings (SSSR count). The van der Waals surface area contributed by atoms with Gasteiger partial charge in [0.25, 0.3) is 0 Å². The predicted molar refractivity (Wildman–Crippen MR) is 72.6 cm³/mol. The van der Waals surface area contributed by atoms with Crippen LogP contribution in [0.1, 0.15) is 21.7 Å². The molecule has 2 aromatic rings. The third-order valence-corrected chi connectivity index (χ3v) is 2.56. The second-order valence-corrected chi connectivity index (χ2v) is 4.14. The molecule has 0 radical (unpaired) electrons. The lowest BCUT2D eigenvalue weighted by atomic mass is 10.2. The molecule has 5 nitrogen and oxygen atoms in total. The van der Waals surface area contributed by atoms with Crippen LogP contribution in [-0.2, 0) is 4.74 Å². The average Bonchev–Trinajstić information content (AvgIpc) is 2.37. The van der Waals surface area contributed by atoms with E-state index < -0.39 is 5.97 Å². The first-order valence-electron chi connectivity index (χ1n) is 5.87. The second-order valence-electron chi connectivity index (χ2n) is 4.14. The fraction of sp³-hybridized carbons (Fsp3) is 0.214. The summed E-state index contributed by atoms with van der Waals surface area (Å²) in [5.74, 6) is 0.0707. The Labute approximate surface area is 111 Å². The molecule has 98 valence electrons. The van der Waals surface area contributed by atoms with Gasteiger partial charge in [0, 0.05) is 11.4 Å². The van der Waals surface area contributed by atoms with E-state index in [1.807, 2.05) is 26.0 Å². The molecule has 0 saturated carbocycles. The SMILES string of the molecule is COC(=O)c1ccccc1Nc1nc(C)cc(C)n1. The van der Waals surface area contributed by atoms with Gasteiger partial charge in [0.15, 0.2) is 0 Å². The van der Waals surface area contributed by atoms with Crippen molar-refractivity contribution in [2.75, 3.05) is 12.4 Å². The Morgan fingerprint density at radius 1 is 1.16 bits per heavy atom. The number of methoxy groups -OCH3 is 1. The first kappa shape index (κ1) is 13.0. The number of hydrogen-bond acceptors (Lipinski definition) is 5. The molecule has 0 bridgehead atoms. The molecule has 0 aliphatic carbocycles. The Hall–Kier alpha value is -2.43. The number of ether oxygens (including phenoxy) is 1. The quantitative estimate of drug-likeness (QED) is 0.856. The van der Waals surface area contributed by atoms with E-state index in [2.05, 4.69) is 15.3 Å². The van der Waals surface area contributed by atoms with Crippen molar-refractivity contribution in [1.82, 2.24) is 9.97 Å². The summed E-state index contributed by atoms with van der Waals surface area (Å²) in [4.78, 5) is 20.2. The van der Waals surface area contributed by atoms with Gasteiger partial charge in [-0.05, 0) is 32.0 Å². The average molecular weight is 257 g/mol. The van der Waals surface area contributed by atoms with Crippen molar-refractivity contribution >= 4 is 17.6 Å². The highest BCUT2D eigenvalue weighted by Crippen LogP contribution is 2.19. The lowest BCUT2D eigenvalue weighted by Crippen LogP contribution is -2.07. The van der Waals surface area contributed by atoms with Crippen LogP contribution in [0.4, 0.5) is 11.6 Å². The van der Waals surface area contributed by atoms with Crippen molar-refractivity contribution in [3.8, 4) is 0 Å². The molecule has 19 heavy (non-hydrogen) atoms. The molecule has 1 aromatic heterocycles. The number of carbonyl (C=O) groups is 1. The number of nitrogens with zero attached hydrogens (tertiary/aromatic N) is 2. The molecule has 0 amide bonds. The van der Waals surface area contributed by atoms with E-state index in [0.29, 0.717) is 17.2 Å². The van der Waals surface area contributed by atoms with E-state index in [1.165, 1.54) is 7.11 Å². The van der Waals surface area contributed by atoms with Gasteiger partial charge in [-0.3, -0.25) is 0 Å². The van der Waals surface area contributed by atoms with E-state index in [9.17, 15) is 4.79 Å². The maximum atomic E-state index is 11.7. The number of rotatable bonds is 3. The van der Waals surface area contributed by atoms with Crippen molar-refractivity contribution in [3.63, 3.8) is 0 Å². The van der Waals surface area contributed by atoms with Crippen LogP contribution in [0.2, 0.25) is 0 Å². The number of carbonyl (C=O) groups excluding carboxylic acids is 1. The van der Waals surface area contributed by atoms with E-state index >= 15 is 0 Å². The monoisotopic (exact) mass is 257 g/mol. The minimum atomic E-state index is -0.396. The van der Waals surface area contributed by atoms with Crippen LogP contribution in [0, 0.1) is 13.8 Å². The first-order chi connectivity index (χ1) is 9.10. The largest absolute Gasteiger partial charge is 0.465 e.